The summed E-state index contributed by atoms with van der Waals surface area (Å²) in [6, 6.07) is 8.31. The topological polar surface area (TPSA) is 87.8 Å². The lowest BCUT2D eigenvalue weighted by Crippen LogP contribution is -1.98. The minimum absolute atomic E-state index is 0.117. The molecule has 0 atom stereocenters. The van der Waals surface area contributed by atoms with Crippen molar-refractivity contribution >= 4 is 29.2 Å². The predicted octanol–water partition coefficient (Wildman–Crippen LogP) is 3.08. The maximum absolute atomic E-state index is 11.7. The first-order valence-electron chi connectivity index (χ1n) is 5.84. The Morgan fingerprint density at radius 1 is 1.29 bits per heavy atom. The number of hydrogen-bond acceptors (Lipinski definition) is 5. The van der Waals surface area contributed by atoms with Crippen LogP contribution in [0.4, 0.5) is 11.4 Å². The Balaban J connectivity index is 2.39. The molecule has 0 aliphatic carbocycles. The number of halogens is 1. The molecule has 0 bridgehead atoms. The van der Waals surface area contributed by atoms with Gasteiger partial charge in [-0.1, -0.05) is 23.4 Å². The summed E-state index contributed by atoms with van der Waals surface area (Å²) in [5.74, 6) is 0.124. The van der Waals surface area contributed by atoms with Crippen LogP contribution in [-0.2, 0) is 0 Å². The second-order valence-corrected chi connectivity index (χ2v) is 4.49. The average Bonchev–Trinajstić information content (AvgIpc) is 2.46. The Kier molecular flexibility index (Phi) is 4.39. The summed E-state index contributed by atoms with van der Waals surface area (Å²) in [4.78, 5) is 14.2. The third kappa shape index (κ3) is 3.49. The first kappa shape index (κ1) is 14.8. The summed E-state index contributed by atoms with van der Waals surface area (Å²) in [6.45, 7) is 0. The van der Waals surface area contributed by atoms with Gasteiger partial charge in [0.1, 0.15) is 11.4 Å². The highest BCUT2D eigenvalue weighted by Crippen LogP contribution is 2.30. The molecular formula is C14H10ClN2O4-. The van der Waals surface area contributed by atoms with Crippen LogP contribution >= 0.6 is 11.6 Å². The Morgan fingerprint density at radius 2 is 2.05 bits per heavy atom. The van der Waals surface area contributed by atoms with Crippen molar-refractivity contribution in [2.24, 2.45) is 4.99 Å². The van der Waals surface area contributed by atoms with E-state index in [2.05, 4.69) is 4.99 Å². The maximum atomic E-state index is 11.7. The van der Waals surface area contributed by atoms with Crippen LogP contribution in [0.15, 0.2) is 41.4 Å². The van der Waals surface area contributed by atoms with E-state index in [9.17, 15) is 15.2 Å². The molecule has 0 aliphatic heterocycles. The van der Waals surface area contributed by atoms with Crippen LogP contribution in [0.5, 0.6) is 11.5 Å². The van der Waals surface area contributed by atoms with E-state index in [1.165, 1.54) is 19.4 Å². The molecule has 0 heterocycles. The molecule has 0 aromatic heterocycles. The van der Waals surface area contributed by atoms with Crippen molar-refractivity contribution in [3.63, 3.8) is 0 Å². The minimum Gasteiger partial charge on any atom is -0.872 e. The molecule has 2 aromatic rings. The van der Waals surface area contributed by atoms with E-state index < -0.39 is 4.92 Å². The van der Waals surface area contributed by atoms with E-state index >= 15 is 0 Å². The standard InChI is InChI=1S/C14H11ClN2O4/c1-21-14-5-2-10(15)7-12(14)16-8-9-6-11(17(19)20)3-4-13(9)18/h2-8,18H,1H3/p-1. The number of non-ortho nitro benzene ring substituents is 1. The summed E-state index contributed by atoms with van der Waals surface area (Å²) in [6.07, 6.45) is 1.25. The first-order valence-corrected chi connectivity index (χ1v) is 6.22. The number of nitrogens with zero attached hydrogens (tertiary/aromatic N) is 2. The monoisotopic (exact) mass is 305 g/mol. The highest BCUT2D eigenvalue weighted by atomic mass is 35.5. The van der Waals surface area contributed by atoms with Crippen LogP contribution in [0.3, 0.4) is 0 Å². The zero-order chi connectivity index (χ0) is 15.4. The zero-order valence-electron chi connectivity index (χ0n) is 10.9. The van der Waals surface area contributed by atoms with Gasteiger partial charge in [-0.25, -0.2) is 0 Å². The third-order valence-corrected chi connectivity index (χ3v) is 2.92. The van der Waals surface area contributed by atoms with E-state index in [4.69, 9.17) is 16.3 Å². The molecule has 0 aliphatic rings. The fourth-order valence-electron chi connectivity index (χ4n) is 1.65. The fourth-order valence-corrected chi connectivity index (χ4v) is 1.82. The van der Waals surface area contributed by atoms with Crippen LogP contribution < -0.4 is 9.84 Å². The van der Waals surface area contributed by atoms with E-state index in [1.54, 1.807) is 18.2 Å². The van der Waals surface area contributed by atoms with E-state index in [0.717, 1.165) is 12.1 Å². The molecule has 2 aromatic carbocycles. The lowest BCUT2D eigenvalue weighted by atomic mass is 10.2. The molecular weight excluding hydrogens is 296 g/mol. The number of nitro benzene ring substituents is 1. The van der Waals surface area contributed by atoms with Gasteiger partial charge in [-0.2, -0.15) is 0 Å². The van der Waals surface area contributed by atoms with Crippen LogP contribution in [0.2, 0.25) is 5.02 Å². The van der Waals surface area contributed by atoms with Gasteiger partial charge < -0.3 is 9.84 Å². The van der Waals surface area contributed by atoms with Crippen molar-refractivity contribution in [1.29, 1.82) is 0 Å². The smallest absolute Gasteiger partial charge is 0.270 e. The number of hydrogen-bond donors (Lipinski definition) is 0. The lowest BCUT2D eigenvalue weighted by Gasteiger charge is -2.09. The van der Waals surface area contributed by atoms with Gasteiger partial charge in [0, 0.05) is 23.4 Å². The van der Waals surface area contributed by atoms with Gasteiger partial charge in [-0.05, 0) is 23.8 Å². The van der Waals surface area contributed by atoms with Crippen molar-refractivity contribution < 1.29 is 14.8 Å². The van der Waals surface area contributed by atoms with Crippen molar-refractivity contribution in [1.82, 2.24) is 0 Å². The number of benzene rings is 2. The Hall–Kier alpha value is -2.60. The Bertz CT molecular complexity index is 716. The zero-order valence-corrected chi connectivity index (χ0v) is 11.7. The largest absolute Gasteiger partial charge is 0.872 e. The highest BCUT2D eigenvalue weighted by Gasteiger charge is 2.06. The van der Waals surface area contributed by atoms with E-state index in [-0.39, 0.29) is 17.0 Å². The molecule has 21 heavy (non-hydrogen) atoms. The van der Waals surface area contributed by atoms with Gasteiger partial charge >= 0.3 is 0 Å². The van der Waals surface area contributed by atoms with Crippen LogP contribution in [0.25, 0.3) is 0 Å². The number of nitro groups is 1. The second-order valence-electron chi connectivity index (χ2n) is 4.05. The Morgan fingerprint density at radius 3 is 2.71 bits per heavy atom. The number of methoxy groups -OCH3 is 1. The third-order valence-electron chi connectivity index (χ3n) is 2.69. The van der Waals surface area contributed by atoms with Crippen molar-refractivity contribution in [2.45, 2.75) is 0 Å². The van der Waals surface area contributed by atoms with Crippen molar-refractivity contribution in [3.8, 4) is 11.5 Å². The molecule has 7 heteroatoms. The second kappa shape index (κ2) is 6.23. The van der Waals surface area contributed by atoms with Gasteiger partial charge in [-0.15, -0.1) is 0 Å². The van der Waals surface area contributed by atoms with Gasteiger partial charge in [0.25, 0.3) is 5.69 Å². The van der Waals surface area contributed by atoms with Gasteiger partial charge in [-0.3, -0.25) is 15.1 Å². The summed E-state index contributed by atoms with van der Waals surface area (Å²) >= 11 is 5.87. The van der Waals surface area contributed by atoms with E-state index in [1.807, 2.05) is 0 Å². The van der Waals surface area contributed by atoms with Crippen LogP contribution in [0, 0.1) is 10.1 Å². The van der Waals surface area contributed by atoms with Crippen LogP contribution in [-0.4, -0.2) is 18.2 Å². The predicted molar refractivity (Wildman–Crippen MR) is 77.8 cm³/mol. The van der Waals surface area contributed by atoms with Gasteiger partial charge in [0.05, 0.1) is 12.0 Å². The molecule has 0 radical (unpaired) electrons. The first-order chi connectivity index (χ1) is 10.0. The quantitative estimate of drug-likeness (QED) is 0.493. The highest BCUT2D eigenvalue weighted by molar-refractivity contribution is 6.30. The van der Waals surface area contributed by atoms with Gasteiger partial charge in [0.15, 0.2) is 0 Å². The summed E-state index contributed by atoms with van der Waals surface area (Å²) < 4.78 is 5.12. The molecule has 0 spiro atoms. The summed E-state index contributed by atoms with van der Waals surface area (Å²) in [7, 11) is 1.48. The maximum Gasteiger partial charge on any atom is 0.270 e. The Labute approximate surface area is 125 Å². The minimum atomic E-state index is -0.573. The number of rotatable bonds is 4. The van der Waals surface area contributed by atoms with Gasteiger partial charge in [0.2, 0.25) is 0 Å². The molecule has 0 N–H and O–H groups in total. The average molecular weight is 306 g/mol. The number of aliphatic imine (C=N–C) groups is 1. The molecule has 0 amide bonds. The van der Waals surface area contributed by atoms with Crippen LogP contribution in [0.1, 0.15) is 5.56 Å². The molecule has 0 unspecified atom stereocenters. The summed E-state index contributed by atoms with van der Waals surface area (Å²) in [5, 5.41) is 22.8. The SMILES string of the molecule is COc1ccc(Cl)cc1N=Cc1cc([N+](=O)[O-])ccc1[O-]. The molecule has 2 rings (SSSR count). The molecule has 6 nitrogen and oxygen atoms in total. The summed E-state index contributed by atoms with van der Waals surface area (Å²) in [5.41, 5.74) is 0.372. The molecule has 0 fully saturated rings. The normalized spacial score (nSPS) is 10.8. The number of ether oxygens (including phenoxy) is 1. The lowest BCUT2D eigenvalue weighted by molar-refractivity contribution is -0.385. The molecule has 108 valence electrons. The molecule has 0 saturated carbocycles. The van der Waals surface area contributed by atoms with Crippen molar-refractivity contribution in [3.05, 3.63) is 57.1 Å². The molecule has 0 saturated heterocycles. The fraction of sp³-hybridized carbons (Fsp3) is 0.0714. The van der Waals surface area contributed by atoms with E-state index in [0.29, 0.717) is 16.5 Å². The van der Waals surface area contributed by atoms with Crippen molar-refractivity contribution in [2.75, 3.05) is 7.11 Å².